The number of rotatable bonds is 1. The number of oxazole rings is 1. The zero-order chi connectivity index (χ0) is 13.8. The van der Waals surface area contributed by atoms with Crippen LogP contribution in [0, 0.1) is 5.92 Å². The Morgan fingerprint density at radius 1 is 1.58 bits per heavy atom. The largest absolute Gasteiger partial charge is 0.444 e. The van der Waals surface area contributed by atoms with Gasteiger partial charge in [0.1, 0.15) is 11.4 Å². The van der Waals surface area contributed by atoms with Gasteiger partial charge in [0, 0.05) is 18.5 Å². The lowest BCUT2D eigenvalue weighted by Crippen LogP contribution is -2.42. The molecule has 2 bridgehead atoms. The van der Waals surface area contributed by atoms with E-state index in [1.54, 1.807) is 11.1 Å². The maximum atomic E-state index is 12.1. The first-order valence-electron chi connectivity index (χ1n) is 6.56. The molecule has 1 aromatic rings. The minimum Gasteiger partial charge on any atom is -0.444 e. The Morgan fingerprint density at radius 3 is 2.89 bits per heavy atom. The van der Waals surface area contributed by atoms with Crippen LogP contribution in [0.15, 0.2) is 10.6 Å². The van der Waals surface area contributed by atoms with Gasteiger partial charge in [0.05, 0.1) is 6.20 Å². The number of nitrogen functional groups attached to an aromatic ring is 1. The van der Waals surface area contributed by atoms with Crippen LogP contribution in [0.4, 0.5) is 10.8 Å². The first-order chi connectivity index (χ1) is 8.85. The number of aromatic nitrogens is 1. The predicted octanol–water partition coefficient (Wildman–Crippen LogP) is 1.98. The molecule has 4 rings (SSSR count). The summed E-state index contributed by atoms with van der Waals surface area (Å²) < 4.78 is 10.8. The molecule has 0 spiro atoms. The second-order valence-corrected chi connectivity index (χ2v) is 6.32. The summed E-state index contributed by atoms with van der Waals surface area (Å²) in [5.41, 5.74) is 5.04. The molecule has 19 heavy (non-hydrogen) atoms. The van der Waals surface area contributed by atoms with Gasteiger partial charge < -0.3 is 19.8 Å². The Morgan fingerprint density at radius 2 is 2.32 bits per heavy atom. The summed E-state index contributed by atoms with van der Waals surface area (Å²) in [6.45, 7) is 6.35. The van der Waals surface area contributed by atoms with Gasteiger partial charge in [-0.15, -0.1) is 0 Å². The van der Waals surface area contributed by atoms with E-state index in [-0.39, 0.29) is 24.1 Å². The molecule has 1 aromatic heterocycles. The van der Waals surface area contributed by atoms with Crippen LogP contribution in [0.2, 0.25) is 0 Å². The van der Waals surface area contributed by atoms with E-state index in [1.165, 1.54) is 0 Å². The molecule has 1 amide bonds. The fourth-order valence-electron chi connectivity index (χ4n) is 3.03. The highest BCUT2D eigenvalue weighted by Crippen LogP contribution is 2.52. The Labute approximate surface area is 111 Å². The fraction of sp³-hybridized carbons (Fsp3) is 0.692. The first kappa shape index (κ1) is 12.3. The maximum Gasteiger partial charge on any atom is 0.410 e. The highest BCUT2D eigenvalue weighted by molar-refractivity contribution is 5.70. The van der Waals surface area contributed by atoms with Gasteiger partial charge in [0.15, 0.2) is 0 Å². The third kappa shape index (κ3) is 2.05. The van der Waals surface area contributed by atoms with Crippen molar-refractivity contribution in [3.8, 4) is 0 Å². The lowest BCUT2D eigenvalue weighted by atomic mass is 9.72. The van der Waals surface area contributed by atoms with Crippen molar-refractivity contribution in [2.24, 2.45) is 5.92 Å². The Balaban J connectivity index is 1.71. The summed E-state index contributed by atoms with van der Waals surface area (Å²) in [5.74, 6) is 1.44. The van der Waals surface area contributed by atoms with Crippen LogP contribution in [-0.2, 0) is 4.74 Å². The minimum atomic E-state index is -0.462. The predicted molar refractivity (Wildman–Crippen MR) is 68.5 cm³/mol. The van der Waals surface area contributed by atoms with Gasteiger partial charge in [0.25, 0.3) is 6.01 Å². The molecule has 2 N–H and O–H groups in total. The van der Waals surface area contributed by atoms with Crippen LogP contribution in [0.3, 0.4) is 0 Å². The Hall–Kier alpha value is -1.72. The van der Waals surface area contributed by atoms with Crippen molar-refractivity contribution in [3.63, 3.8) is 0 Å². The summed E-state index contributed by atoms with van der Waals surface area (Å²) >= 11 is 0. The number of anilines is 1. The minimum absolute atomic E-state index is 0.159. The van der Waals surface area contributed by atoms with Gasteiger partial charge >= 0.3 is 6.09 Å². The van der Waals surface area contributed by atoms with E-state index in [0.29, 0.717) is 5.92 Å². The van der Waals surface area contributed by atoms with Crippen molar-refractivity contribution in [1.29, 1.82) is 0 Å². The zero-order valence-electron chi connectivity index (χ0n) is 11.4. The summed E-state index contributed by atoms with van der Waals surface area (Å²) in [5, 5.41) is 0. The number of ether oxygens (including phenoxy) is 1. The number of fused-ring (bicyclic) bond motifs is 1. The van der Waals surface area contributed by atoms with Crippen LogP contribution >= 0.6 is 0 Å². The molecule has 3 heterocycles. The normalized spacial score (nSPS) is 29.2. The topological polar surface area (TPSA) is 81.6 Å². The van der Waals surface area contributed by atoms with Crippen LogP contribution in [0.5, 0.6) is 0 Å². The molecule has 6 heteroatoms. The molecule has 3 aliphatic rings. The molecule has 0 radical (unpaired) electrons. The Kier molecular flexibility index (Phi) is 2.52. The number of carbonyl (C=O) groups is 1. The van der Waals surface area contributed by atoms with Gasteiger partial charge in [-0.1, -0.05) is 0 Å². The quantitative estimate of drug-likeness (QED) is 0.839. The highest BCUT2D eigenvalue weighted by atomic mass is 16.6. The maximum absolute atomic E-state index is 12.1. The summed E-state index contributed by atoms with van der Waals surface area (Å²) in [7, 11) is 0. The van der Waals surface area contributed by atoms with Gasteiger partial charge in [-0.25, -0.2) is 9.78 Å². The molecule has 3 fully saturated rings. The number of nitrogens with zero attached hydrogens (tertiary/aromatic N) is 2. The molecular formula is C13H19N3O3. The van der Waals surface area contributed by atoms with Crippen LogP contribution < -0.4 is 5.73 Å². The number of hydrogen-bond acceptors (Lipinski definition) is 5. The van der Waals surface area contributed by atoms with E-state index < -0.39 is 5.60 Å². The Bertz CT molecular complexity index is 505. The van der Waals surface area contributed by atoms with E-state index in [0.717, 1.165) is 18.7 Å². The highest BCUT2D eigenvalue weighted by Gasteiger charge is 2.56. The lowest BCUT2D eigenvalue weighted by Gasteiger charge is -2.35. The van der Waals surface area contributed by atoms with Gasteiger partial charge in [0.2, 0.25) is 0 Å². The smallest absolute Gasteiger partial charge is 0.410 e. The summed E-state index contributed by atoms with van der Waals surface area (Å²) in [4.78, 5) is 17.8. The van der Waals surface area contributed by atoms with Gasteiger partial charge in [-0.05, 0) is 33.1 Å². The van der Waals surface area contributed by atoms with Crippen LogP contribution in [-0.4, -0.2) is 34.2 Å². The lowest BCUT2D eigenvalue weighted by molar-refractivity contribution is 0.0228. The van der Waals surface area contributed by atoms with E-state index >= 15 is 0 Å². The van der Waals surface area contributed by atoms with Crippen molar-refractivity contribution in [2.45, 2.75) is 44.8 Å². The third-order valence-corrected chi connectivity index (χ3v) is 3.80. The zero-order valence-corrected chi connectivity index (χ0v) is 11.4. The second kappa shape index (κ2) is 3.88. The van der Waals surface area contributed by atoms with Gasteiger partial charge in [-0.3, -0.25) is 0 Å². The molecule has 0 aromatic carbocycles. The van der Waals surface area contributed by atoms with Crippen molar-refractivity contribution < 1.29 is 13.9 Å². The monoisotopic (exact) mass is 265 g/mol. The number of nitrogens with two attached hydrogens (primary N) is 1. The molecule has 1 aliphatic carbocycles. The molecule has 2 aliphatic heterocycles. The van der Waals surface area contributed by atoms with Crippen molar-refractivity contribution >= 4 is 12.1 Å². The van der Waals surface area contributed by atoms with Crippen LogP contribution in [0.25, 0.3) is 0 Å². The standard InChI is InChI=1S/C13H19N3O3/c1-13(2,3)19-12(17)16-6-7-4-8(16)10(7)9-5-15-11(14)18-9/h5,7-8,10H,4,6H2,1-3H3,(H2,14,15)/t7-,8-,10?/m0/s1. The SMILES string of the molecule is CC(C)(C)OC(=O)N1C[C@@H]2C[C@H]1C2c1cnc(N)o1. The van der Waals surface area contributed by atoms with Gasteiger partial charge in [-0.2, -0.15) is 0 Å². The number of hydrogen-bond donors (Lipinski definition) is 1. The average Bonchev–Trinajstić information content (AvgIpc) is 2.88. The molecular weight excluding hydrogens is 246 g/mol. The molecule has 3 atom stereocenters. The van der Waals surface area contributed by atoms with E-state index in [4.69, 9.17) is 14.9 Å². The summed E-state index contributed by atoms with van der Waals surface area (Å²) in [6.07, 6.45) is 2.43. The second-order valence-electron chi connectivity index (χ2n) is 6.32. The van der Waals surface area contributed by atoms with Crippen LogP contribution in [0.1, 0.15) is 38.9 Å². The summed E-state index contributed by atoms with van der Waals surface area (Å²) in [6, 6.07) is 0.345. The van der Waals surface area contributed by atoms with E-state index in [2.05, 4.69) is 4.98 Å². The molecule has 1 saturated carbocycles. The van der Waals surface area contributed by atoms with Crippen molar-refractivity contribution in [3.05, 3.63) is 12.0 Å². The van der Waals surface area contributed by atoms with E-state index in [9.17, 15) is 4.79 Å². The number of carbonyl (C=O) groups excluding carboxylic acids is 1. The molecule has 6 nitrogen and oxygen atoms in total. The van der Waals surface area contributed by atoms with E-state index in [1.807, 2.05) is 20.8 Å². The molecule has 104 valence electrons. The van der Waals surface area contributed by atoms with Crippen molar-refractivity contribution in [1.82, 2.24) is 9.88 Å². The first-order valence-corrected chi connectivity index (χ1v) is 6.56. The van der Waals surface area contributed by atoms with Crippen molar-refractivity contribution in [2.75, 3.05) is 12.3 Å². The fourth-order valence-corrected chi connectivity index (χ4v) is 3.03. The third-order valence-electron chi connectivity index (χ3n) is 3.80. The number of amides is 1. The average molecular weight is 265 g/mol. The molecule has 1 unspecified atom stereocenters. The molecule has 2 saturated heterocycles.